The molecule has 0 aliphatic carbocycles. The van der Waals surface area contributed by atoms with Crippen LogP contribution in [0.5, 0.6) is 0 Å². The summed E-state index contributed by atoms with van der Waals surface area (Å²) in [6, 6.07) is 18.9. The largest absolute Gasteiger partial charge is 0.211 e. The second kappa shape index (κ2) is 7.21. The molecule has 1 aromatic heterocycles. The fourth-order valence-corrected chi connectivity index (χ4v) is 4.61. The molecule has 0 unspecified atom stereocenters. The Kier molecular flexibility index (Phi) is 5.23. The third kappa shape index (κ3) is 4.15. The molecule has 0 amide bonds. The van der Waals surface area contributed by atoms with Crippen molar-refractivity contribution >= 4 is 35.3 Å². The second-order valence-corrected chi connectivity index (χ2v) is 9.46. The fourth-order valence-electron chi connectivity index (χ4n) is 2.30. The Labute approximate surface area is 156 Å². The predicted octanol–water partition coefficient (Wildman–Crippen LogP) is 6.25. The minimum absolute atomic E-state index is 0.194. The van der Waals surface area contributed by atoms with Gasteiger partial charge in [0.2, 0.25) is 0 Å². The van der Waals surface area contributed by atoms with Gasteiger partial charge in [0.1, 0.15) is 0 Å². The van der Waals surface area contributed by atoms with E-state index in [1.165, 1.54) is 11.1 Å². The first-order valence-electron chi connectivity index (χ1n) is 7.81. The summed E-state index contributed by atoms with van der Waals surface area (Å²) in [4.78, 5) is 0. The molecule has 0 fully saturated rings. The summed E-state index contributed by atoms with van der Waals surface area (Å²) in [6.07, 6.45) is 0. The number of para-hydroxylation sites is 1. The van der Waals surface area contributed by atoms with Gasteiger partial charge in [-0.1, -0.05) is 86.3 Å². The van der Waals surface area contributed by atoms with E-state index in [1.54, 1.807) is 23.1 Å². The van der Waals surface area contributed by atoms with E-state index < -0.39 is 0 Å². The zero-order valence-corrected chi connectivity index (χ0v) is 16.5. The quantitative estimate of drug-likeness (QED) is 0.398. The molecule has 0 bridgehead atoms. The molecular weight excluding hydrogens is 352 g/mol. The van der Waals surface area contributed by atoms with Crippen molar-refractivity contribution in [2.24, 2.45) is 0 Å². The Morgan fingerprint density at radius 2 is 1.71 bits per heavy atom. The van der Waals surface area contributed by atoms with Gasteiger partial charge in [0, 0.05) is 5.75 Å². The van der Waals surface area contributed by atoms with Crippen molar-refractivity contribution < 1.29 is 0 Å². The molecular formula is C19H20N2S3. The lowest BCUT2D eigenvalue weighted by molar-refractivity contribution is 0.590. The first-order valence-corrected chi connectivity index (χ1v) is 10.0. The Morgan fingerprint density at radius 1 is 1.04 bits per heavy atom. The summed E-state index contributed by atoms with van der Waals surface area (Å²) in [7, 11) is 0. The first kappa shape index (κ1) is 17.4. The minimum Gasteiger partial charge on any atom is -0.211 e. The van der Waals surface area contributed by atoms with Crippen LogP contribution in [0.1, 0.15) is 31.9 Å². The Hall–Kier alpha value is -1.43. The summed E-state index contributed by atoms with van der Waals surface area (Å²) in [6.45, 7) is 6.71. The summed E-state index contributed by atoms with van der Waals surface area (Å²) in [5, 5.41) is 4.65. The number of benzene rings is 2. The number of thioether (sulfide) groups is 1. The van der Waals surface area contributed by atoms with Crippen LogP contribution in [0.25, 0.3) is 5.69 Å². The zero-order chi connectivity index (χ0) is 17.2. The zero-order valence-electron chi connectivity index (χ0n) is 14.0. The van der Waals surface area contributed by atoms with Crippen LogP contribution in [0.2, 0.25) is 0 Å². The summed E-state index contributed by atoms with van der Waals surface area (Å²) < 4.78 is 3.63. The van der Waals surface area contributed by atoms with Gasteiger partial charge in [0.05, 0.1) is 5.69 Å². The maximum atomic E-state index is 5.45. The van der Waals surface area contributed by atoms with E-state index >= 15 is 0 Å². The van der Waals surface area contributed by atoms with Crippen molar-refractivity contribution in [3.05, 3.63) is 69.7 Å². The molecule has 3 rings (SSSR count). The fraction of sp³-hybridized carbons (Fsp3) is 0.263. The molecule has 24 heavy (non-hydrogen) atoms. The van der Waals surface area contributed by atoms with Gasteiger partial charge in [0.25, 0.3) is 0 Å². The van der Waals surface area contributed by atoms with Gasteiger partial charge >= 0.3 is 0 Å². The maximum absolute atomic E-state index is 5.45. The van der Waals surface area contributed by atoms with E-state index in [0.29, 0.717) is 0 Å². The van der Waals surface area contributed by atoms with E-state index in [4.69, 9.17) is 12.2 Å². The lowest BCUT2D eigenvalue weighted by Crippen LogP contribution is -2.10. The molecule has 124 valence electrons. The van der Waals surface area contributed by atoms with Gasteiger partial charge in [-0.3, -0.25) is 0 Å². The van der Waals surface area contributed by atoms with E-state index in [-0.39, 0.29) is 5.41 Å². The number of rotatable bonds is 4. The van der Waals surface area contributed by atoms with Crippen molar-refractivity contribution in [1.29, 1.82) is 0 Å². The number of nitrogens with zero attached hydrogens (tertiary/aromatic N) is 2. The Bertz CT molecular complexity index is 856. The summed E-state index contributed by atoms with van der Waals surface area (Å²) >= 11 is 8.75. The SMILES string of the molecule is CC(C)(C)c1ccc(CSc2nn(-c3ccccc3)c(=S)s2)cc1. The standard InChI is InChI=1S/C19H20N2S3/c1-19(2,3)15-11-9-14(10-12-15)13-23-17-20-21(18(22)24-17)16-7-5-4-6-8-16/h4-12H,13H2,1-3H3. The minimum atomic E-state index is 0.194. The molecule has 0 spiro atoms. The molecule has 3 aromatic rings. The molecule has 0 N–H and O–H groups in total. The molecule has 2 aromatic carbocycles. The molecule has 2 nitrogen and oxygen atoms in total. The van der Waals surface area contributed by atoms with Crippen LogP contribution < -0.4 is 0 Å². The topological polar surface area (TPSA) is 17.8 Å². The Balaban J connectivity index is 1.71. The van der Waals surface area contributed by atoms with Gasteiger partial charge in [-0.2, -0.15) is 0 Å². The van der Waals surface area contributed by atoms with Crippen LogP contribution in [0.3, 0.4) is 0 Å². The molecule has 0 radical (unpaired) electrons. The molecule has 0 saturated carbocycles. The molecule has 0 aliphatic heterocycles. The smallest absolute Gasteiger partial charge is 0.184 e. The van der Waals surface area contributed by atoms with Crippen LogP contribution in [0.4, 0.5) is 0 Å². The highest BCUT2D eigenvalue weighted by molar-refractivity contribution is 8.00. The van der Waals surface area contributed by atoms with Gasteiger partial charge in [-0.05, 0) is 40.9 Å². The van der Waals surface area contributed by atoms with Crippen molar-refractivity contribution in [2.45, 2.75) is 36.3 Å². The van der Waals surface area contributed by atoms with Crippen molar-refractivity contribution in [2.75, 3.05) is 0 Å². The highest BCUT2D eigenvalue weighted by atomic mass is 32.2. The third-order valence-electron chi connectivity index (χ3n) is 3.71. The summed E-state index contributed by atoms with van der Waals surface area (Å²) in [5.74, 6) is 0.904. The van der Waals surface area contributed by atoms with Crippen LogP contribution in [-0.2, 0) is 11.2 Å². The second-order valence-electron chi connectivity index (χ2n) is 6.62. The number of aromatic nitrogens is 2. The normalized spacial score (nSPS) is 11.6. The lowest BCUT2D eigenvalue weighted by atomic mass is 9.87. The van der Waals surface area contributed by atoms with E-state index in [1.807, 2.05) is 35.0 Å². The maximum Gasteiger partial charge on any atom is 0.184 e. The van der Waals surface area contributed by atoms with Gasteiger partial charge < -0.3 is 0 Å². The monoisotopic (exact) mass is 372 g/mol. The lowest BCUT2D eigenvalue weighted by Gasteiger charge is -2.19. The number of hydrogen-bond acceptors (Lipinski definition) is 4. The molecule has 0 saturated heterocycles. The molecule has 5 heteroatoms. The van der Waals surface area contributed by atoms with Crippen molar-refractivity contribution in [1.82, 2.24) is 9.78 Å². The van der Waals surface area contributed by atoms with Crippen molar-refractivity contribution in [3.63, 3.8) is 0 Å². The van der Waals surface area contributed by atoms with E-state index in [2.05, 4.69) is 50.1 Å². The Morgan fingerprint density at radius 3 is 2.33 bits per heavy atom. The van der Waals surface area contributed by atoms with Crippen LogP contribution >= 0.6 is 35.3 Å². The summed E-state index contributed by atoms with van der Waals surface area (Å²) in [5.41, 5.74) is 3.88. The average molecular weight is 373 g/mol. The average Bonchev–Trinajstić information content (AvgIpc) is 2.94. The number of hydrogen-bond donors (Lipinski definition) is 0. The predicted molar refractivity (Wildman–Crippen MR) is 107 cm³/mol. The highest BCUT2D eigenvalue weighted by Gasteiger charge is 2.13. The van der Waals surface area contributed by atoms with E-state index in [0.717, 1.165) is 19.7 Å². The van der Waals surface area contributed by atoms with Crippen LogP contribution in [0.15, 0.2) is 58.9 Å². The molecule has 0 aliphatic rings. The first-order chi connectivity index (χ1) is 11.4. The molecule has 0 atom stereocenters. The van der Waals surface area contributed by atoms with Gasteiger partial charge in [0.15, 0.2) is 8.29 Å². The van der Waals surface area contributed by atoms with E-state index in [9.17, 15) is 0 Å². The highest BCUT2D eigenvalue weighted by Crippen LogP contribution is 2.28. The van der Waals surface area contributed by atoms with Crippen LogP contribution in [0, 0.1) is 3.95 Å². The third-order valence-corrected chi connectivity index (χ3v) is 6.15. The molecule has 1 heterocycles. The van der Waals surface area contributed by atoms with Gasteiger partial charge in [-0.15, -0.1) is 5.10 Å². The van der Waals surface area contributed by atoms with Gasteiger partial charge in [-0.25, -0.2) is 4.68 Å². The van der Waals surface area contributed by atoms with Crippen molar-refractivity contribution in [3.8, 4) is 5.69 Å². The van der Waals surface area contributed by atoms with Crippen LogP contribution in [-0.4, -0.2) is 9.78 Å².